The predicted molar refractivity (Wildman–Crippen MR) is 103 cm³/mol. The van der Waals surface area contributed by atoms with Crippen LogP contribution in [0.5, 0.6) is 0 Å². The molecule has 6 nitrogen and oxygen atoms in total. The highest BCUT2D eigenvalue weighted by Gasteiger charge is 2.14. The Labute approximate surface area is 156 Å². The Balaban J connectivity index is 1.92. The number of hydrogen-bond acceptors (Lipinski definition) is 5. The van der Waals surface area contributed by atoms with Gasteiger partial charge >= 0.3 is 0 Å². The Kier molecular flexibility index (Phi) is 8.13. The van der Waals surface area contributed by atoms with E-state index in [2.05, 4.69) is 29.4 Å². The molecule has 0 atom stereocenters. The van der Waals surface area contributed by atoms with E-state index < -0.39 is 0 Å². The quantitative estimate of drug-likeness (QED) is 0.544. The van der Waals surface area contributed by atoms with Crippen LogP contribution in [-0.4, -0.2) is 61.0 Å². The molecule has 0 saturated carbocycles. The lowest BCUT2D eigenvalue weighted by Gasteiger charge is -2.27. The summed E-state index contributed by atoms with van der Waals surface area (Å²) in [5.41, 5.74) is 1.30. The van der Waals surface area contributed by atoms with Gasteiger partial charge in [0, 0.05) is 58.1 Å². The van der Waals surface area contributed by atoms with Crippen molar-refractivity contribution in [1.82, 2.24) is 20.4 Å². The standard InChI is InChI=1S/C20H29N5O/c1-17(2)25(15-18-6-4-3-5-7-18)16-19(14-21)20(26)23-10-13-24-11-8-22-9-12-24/h3-7,16-17,22H,8-13,15H2,1-2H3,(H,23,26)/b19-16-. The van der Waals surface area contributed by atoms with Crippen LogP contribution >= 0.6 is 0 Å². The maximum atomic E-state index is 12.4. The molecule has 1 saturated heterocycles. The van der Waals surface area contributed by atoms with Gasteiger partial charge in [0.25, 0.3) is 5.91 Å². The van der Waals surface area contributed by atoms with Crippen LogP contribution in [0.1, 0.15) is 19.4 Å². The molecular weight excluding hydrogens is 326 g/mol. The molecule has 1 aromatic carbocycles. The SMILES string of the molecule is CC(C)N(/C=C(/C#N)C(=O)NCCN1CCNCC1)Cc1ccccc1. The molecule has 0 aliphatic carbocycles. The number of nitrogens with one attached hydrogen (secondary N) is 2. The summed E-state index contributed by atoms with van der Waals surface area (Å²) in [6, 6.07) is 12.3. The fourth-order valence-electron chi connectivity index (χ4n) is 2.83. The molecule has 1 aliphatic rings. The number of piperazine rings is 1. The molecule has 0 bridgehead atoms. The Morgan fingerprint density at radius 1 is 1.35 bits per heavy atom. The fraction of sp³-hybridized carbons (Fsp3) is 0.500. The lowest BCUT2D eigenvalue weighted by atomic mass is 10.2. The molecule has 6 heteroatoms. The Bertz CT molecular complexity index is 629. The molecule has 1 amide bonds. The third-order valence-corrected chi connectivity index (χ3v) is 4.45. The maximum Gasteiger partial charge on any atom is 0.263 e. The zero-order valence-corrected chi connectivity index (χ0v) is 15.7. The van der Waals surface area contributed by atoms with Crippen LogP contribution in [-0.2, 0) is 11.3 Å². The largest absolute Gasteiger partial charge is 0.369 e. The van der Waals surface area contributed by atoms with Gasteiger partial charge in [-0.2, -0.15) is 5.26 Å². The van der Waals surface area contributed by atoms with E-state index in [9.17, 15) is 10.1 Å². The lowest BCUT2D eigenvalue weighted by Crippen LogP contribution is -2.46. The number of nitriles is 1. The van der Waals surface area contributed by atoms with Gasteiger partial charge in [0.05, 0.1) is 0 Å². The summed E-state index contributed by atoms with van der Waals surface area (Å²) in [5, 5.41) is 15.6. The number of rotatable bonds is 8. The number of nitrogens with zero attached hydrogens (tertiary/aromatic N) is 3. The summed E-state index contributed by atoms with van der Waals surface area (Å²) in [5.74, 6) is -0.304. The first kappa shape index (κ1) is 20.0. The number of benzene rings is 1. The van der Waals surface area contributed by atoms with Crippen LogP contribution in [0.3, 0.4) is 0 Å². The molecular formula is C20H29N5O. The van der Waals surface area contributed by atoms with E-state index in [0.717, 1.165) is 38.3 Å². The van der Waals surface area contributed by atoms with Crippen molar-refractivity contribution in [3.8, 4) is 6.07 Å². The molecule has 1 heterocycles. The van der Waals surface area contributed by atoms with Gasteiger partial charge in [-0.3, -0.25) is 9.69 Å². The maximum absolute atomic E-state index is 12.4. The van der Waals surface area contributed by atoms with Crippen LogP contribution in [0.2, 0.25) is 0 Å². The molecule has 2 rings (SSSR count). The lowest BCUT2D eigenvalue weighted by molar-refractivity contribution is -0.117. The third kappa shape index (κ3) is 6.51. The van der Waals surface area contributed by atoms with E-state index in [-0.39, 0.29) is 17.5 Å². The smallest absolute Gasteiger partial charge is 0.263 e. The van der Waals surface area contributed by atoms with Crippen LogP contribution in [0.15, 0.2) is 42.1 Å². The monoisotopic (exact) mass is 355 g/mol. The summed E-state index contributed by atoms with van der Waals surface area (Å²) in [6.07, 6.45) is 1.68. The second-order valence-corrected chi connectivity index (χ2v) is 6.75. The van der Waals surface area contributed by atoms with Crippen molar-refractivity contribution in [3.05, 3.63) is 47.7 Å². The molecule has 1 aromatic rings. The van der Waals surface area contributed by atoms with Crippen molar-refractivity contribution in [3.63, 3.8) is 0 Å². The predicted octanol–water partition coefficient (Wildman–Crippen LogP) is 1.33. The minimum Gasteiger partial charge on any atom is -0.369 e. The van der Waals surface area contributed by atoms with Crippen LogP contribution in [0.25, 0.3) is 0 Å². The van der Waals surface area contributed by atoms with Gasteiger partial charge in [0.15, 0.2) is 0 Å². The van der Waals surface area contributed by atoms with Crippen LogP contribution in [0, 0.1) is 11.3 Å². The van der Waals surface area contributed by atoms with Crippen molar-refractivity contribution in [2.45, 2.75) is 26.4 Å². The molecule has 0 radical (unpaired) electrons. The first-order valence-corrected chi connectivity index (χ1v) is 9.23. The van der Waals surface area contributed by atoms with Gasteiger partial charge in [-0.05, 0) is 19.4 Å². The van der Waals surface area contributed by atoms with Crippen molar-refractivity contribution in [1.29, 1.82) is 5.26 Å². The van der Waals surface area contributed by atoms with Gasteiger partial charge in [-0.1, -0.05) is 30.3 Å². The van der Waals surface area contributed by atoms with Crippen LogP contribution in [0.4, 0.5) is 0 Å². The van der Waals surface area contributed by atoms with Gasteiger partial charge in [-0.25, -0.2) is 0 Å². The van der Waals surface area contributed by atoms with Crippen LogP contribution < -0.4 is 10.6 Å². The van der Waals surface area contributed by atoms with Crippen molar-refractivity contribution in [2.24, 2.45) is 0 Å². The molecule has 1 fully saturated rings. The Morgan fingerprint density at radius 2 is 2.04 bits per heavy atom. The van der Waals surface area contributed by atoms with Crippen molar-refractivity contribution >= 4 is 5.91 Å². The average molecular weight is 355 g/mol. The summed E-state index contributed by atoms with van der Waals surface area (Å²) in [4.78, 5) is 16.7. The molecule has 0 spiro atoms. The van der Waals surface area contributed by atoms with Gasteiger partial charge in [0.1, 0.15) is 11.6 Å². The molecule has 0 unspecified atom stereocenters. The van der Waals surface area contributed by atoms with E-state index >= 15 is 0 Å². The highest BCUT2D eigenvalue weighted by molar-refractivity contribution is 5.97. The Hall–Kier alpha value is -2.36. The number of hydrogen-bond donors (Lipinski definition) is 2. The highest BCUT2D eigenvalue weighted by atomic mass is 16.1. The first-order chi connectivity index (χ1) is 12.6. The van der Waals surface area contributed by atoms with E-state index in [4.69, 9.17) is 0 Å². The molecule has 1 aliphatic heterocycles. The Morgan fingerprint density at radius 3 is 2.65 bits per heavy atom. The summed E-state index contributed by atoms with van der Waals surface area (Å²) < 4.78 is 0. The van der Waals surface area contributed by atoms with Gasteiger partial charge < -0.3 is 15.5 Å². The minimum atomic E-state index is -0.304. The van der Waals surface area contributed by atoms with Crippen molar-refractivity contribution < 1.29 is 4.79 Å². The summed E-state index contributed by atoms with van der Waals surface area (Å²) in [6.45, 7) is 10.1. The zero-order chi connectivity index (χ0) is 18.8. The molecule has 140 valence electrons. The van der Waals surface area contributed by atoms with Crippen molar-refractivity contribution in [2.75, 3.05) is 39.3 Å². The number of amides is 1. The van der Waals surface area contributed by atoms with E-state index in [1.807, 2.05) is 41.3 Å². The van der Waals surface area contributed by atoms with E-state index in [1.165, 1.54) is 0 Å². The second kappa shape index (κ2) is 10.6. The first-order valence-electron chi connectivity index (χ1n) is 9.23. The van der Waals surface area contributed by atoms with E-state index in [1.54, 1.807) is 6.20 Å². The fourth-order valence-corrected chi connectivity index (χ4v) is 2.83. The minimum absolute atomic E-state index is 0.148. The average Bonchev–Trinajstić information content (AvgIpc) is 2.66. The van der Waals surface area contributed by atoms with Gasteiger partial charge in [-0.15, -0.1) is 0 Å². The number of carbonyl (C=O) groups is 1. The topological polar surface area (TPSA) is 71.4 Å². The highest BCUT2D eigenvalue weighted by Crippen LogP contribution is 2.10. The third-order valence-electron chi connectivity index (χ3n) is 4.45. The van der Waals surface area contributed by atoms with Gasteiger partial charge in [0.2, 0.25) is 0 Å². The number of carbonyl (C=O) groups excluding carboxylic acids is 1. The molecule has 2 N–H and O–H groups in total. The summed E-state index contributed by atoms with van der Waals surface area (Å²) in [7, 11) is 0. The normalized spacial score (nSPS) is 15.5. The van der Waals surface area contributed by atoms with E-state index in [0.29, 0.717) is 13.1 Å². The zero-order valence-electron chi connectivity index (χ0n) is 15.7. The molecule has 0 aromatic heterocycles. The summed E-state index contributed by atoms with van der Waals surface area (Å²) >= 11 is 0. The second-order valence-electron chi connectivity index (χ2n) is 6.75. The molecule has 26 heavy (non-hydrogen) atoms.